The maximum atomic E-state index is 11.1. The molecule has 0 saturated carbocycles. The van der Waals surface area contributed by atoms with Crippen molar-refractivity contribution in [2.24, 2.45) is 0 Å². The van der Waals surface area contributed by atoms with Gasteiger partial charge >= 0.3 is 0 Å². The van der Waals surface area contributed by atoms with Crippen molar-refractivity contribution in [3.8, 4) is 0 Å². The van der Waals surface area contributed by atoms with Gasteiger partial charge in [0, 0.05) is 12.5 Å². The molecule has 0 aromatic heterocycles. The first-order valence-corrected chi connectivity index (χ1v) is 5.06. The number of amides is 1. The van der Waals surface area contributed by atoms with Crippen LogP contribution in [0.2, 0.25) is 0 Å². The second-order valence-electron chi connectivity index (χ2n) is 3.85. The minimum absolute atomic E-state index is 0.145. The lowest BCUT2D eigenvalue weighted by Gasteiger charge is -2.32. The molecule has 0 bridgehead atoms. The van der Waals surface area contributed by atoms with Crippen molar-refractivity contribution in [2.75, 3.05) is 0 Å². The molecule has 1 aliphatic rings. The van der Waals surface area contributed by atoms with E-state index in [-0.39, 0.29) is 18.1 Å². The molecule has 1 rings (SSSR count). The van der Waals surface area contributed by atoms with E-state index in [1.807, 2.05) is 6.92 Å². The van der Waals surface area contributed by atoms with Gasteiger partial charge in [-0.3, -0.25) is 4.79 Å². The van der Waals surface area contributed by atoms with Gasteiger partial charge in [0.25, 0.3) is 0 Å². The highest BCUT2D eigenvalue weighted by Gasteiger charge is 2.24. The lowest BCUT2D eigenvalue weighted by atomic mass is 10.00. The molecule has 0 aromatic rings. The van der Waals surface area contributed by atoms with Gasteiger partial charge in [0.05, 0.1) is 12.2 Å². The van der Waals surface area contributed by atoms with E-state index in [1.54, 1.807) is 0 Å². The van der Waals surface area contributed by atoms with Gasteiger partial charge in [0.2, 0.25) is 5.91 Å². The van der Waals surface area contributed by atoms with Gasteiger partial charge in [-0.2, -0.15) is 0 Å². The minimum Gasteiger partial charge on any atom is -0.375 e. The van der Waals surface area contributed by atoms with Crippen molar-refractivity contribution in [3.63, 3.8) is 0 Å². The second kappa shape index (κ2) is 4.61. The van der Waals surface area contributed by atoms with Crippen molar-refractivity contribution in [2.45, 2.75) is 58.3 Å². The molecule has 0 spiro atoms. The maximum Gasteiger partial charge on any atom is 0.219 e. The summed E-state index contributed by atoms with van der Waals surface area (Å²) in [5, 5.41) is 3.01. The Morgan fingerprint density at radius 3 is 2.38 bits per heavy atom. The molecule has 3 nitrogen and oxygen atoms in total. The molecule has 2 unspecified atom stereocenters. The topological polar surface area (TPSA) is 38.3 Å². The van der Waals surface area contributed by atoms with E-state index in [4.69, 9.17) is 4.74 Å². The molecule has 1 aliphatic heterocycles. The van der Waals surface area contributed by atoms with Gasteiger partial charge < -0.3 is 10.1 Å². The summed E-state index contributed by atoms with van der Waals surface area (Å²) in [5.74, 6) is 0.145. The standard InChI is InChI=1S/C10H19NO2/c1-4-10(12)11-9-5-7(2)13-8(3)6-9/h7-9H,4-6H2,1-3H3,(H,11,12). The molecule has 13 heavy (non-hydrogen) atoms. The third-order valence-electron chi connectivity index (χ3n) is 2.38. The van der Waals surface area contributed by atoms with Crippen molar-refractivity contribution in [3.05, 3.63) is 0 Å². The Labute approximate surface area is 79.8 Å². The summed E-state index contributed by atoms with van der Waals surface area (Å²) in [7, 11) is 0. The Hall–Kier alpha value is -0.570. The van der Waals surface area contributed by atoms with E-state index in [9.17, 15) is 4.79 Å². The zero-order valence-corrected chi connectivity index (χ0v) is 8.67. The predicted octanol–water partition coefficient (Wildman–Crippen LogP) is 1.47. The molecule has 76 valence electrons. The minimum atomic E-state index is 0.145. The fraction of sp³-hybridized carbons (Fsp3) is 0.900. The summed E-state index contributed by atoms with van der Waals surface area (Å²) in [6, 6.07) is 0.311. The summed E-state index contributed by atoms with van der Waals surface area (Å²) >= 11 is 0. The fourth-order valence-electron chi connectivity index (χ4n) is 1.85. The van der Waals surface area contributed by atoms with Crippen LogP contribution in [0.5, 0.6) is 0 Å². The second-order valence-corrected chi connectivity index (χ2v) is 3.85. The van der Waals surface area contributed by atoms with Crippen LogP contribution in [-0.4, -0.2) is 24.2 Å². The van der Waals surface area contributed by atoms with E-state index in [0.29, 0.717) is 12.5 Å². The highest BCUT2D eigenvalue weighted by molar-refractivity contribution is 5.75. The molecule has 1 amide bonds. The van der Waals surface area contributed by atoms with Crippen LogP contribution >= 0.6 is 0 Å². The molecule has 1 fully saturated rings. The molecule has 3 heteroatoms. The monoisotopic (exact) mass is 185 g/mol. The smallest absolute Gasteiger partial charge is 0.219 e. The van der Waals surface area contributed by atoms with E-state index in [1.165, 1.54) is 0 Å². The molecule has 0 aliphatic carbocycles. The molecule has 1 saturated heterocycles. The summed E-state index contributed by atoms with van der Waals surface area (Å²) in [5.41, 5.74) is 0. The van der Waals surface area contributed by atoms with Gasteiger partial charge in [0.1, 0.15) is 0 Å². The molecular formula is C10H19NO2. The Morgan fingerprint density at radius 1 is 1.38 bits per heavy atom. The first-order valence-electron chi connectivity index (χ1n) is 5.06. The zero-order valence-electron chi connectivity index (χ0n) is 8.67. The van der Waals surface area contributed by atoms with Crippen molar-refractivity contribution in [1.82, 2.24) is 5.32 Å². The first kappa shape index (κ1) is 10.5. The van der Waals surface area contributed by atoms with Gasteiger partial charge in [-0.25, -0.2) is 0 Å². The summed E-state index contributed by atoms with van der Waals surface area (Å²) in [6.45, 7) is 5.99. The van der Waals surface area contributed by atoms with Gasteiger partial charge in [-0.15, -0.1) is 0 Å². The number of hydrogen-bond donors (Lipinski definition) is 1. The van der Waals surface area contributed by atoms with Crippen LogP contribution in [0, 0.1) is 0 Å². The molecule has 2 atom stereocenters. The molecule has 0 aromatic carbocycles. The number of ether oxygens (including phenoxy) is 1. The third-order valence-corrected chi connectivity index (χ3v) is 2.38. The van der Waals surface area contributed by atoms with Crippen molar-refractivity contribution in [1.29, 1.82) is 0 Å². The summed E-state index contributed by atoms with van der Waals surface area (Å²) in [6.07, 6.45) is 2.99. The van der Waals surface area contributed by atoms with Crippen LogP contribution in [0.25, 0.3) is 0 Å². The van der Waals surface area contributed by atoms with E-state index >= 15 is 0 Å². The first-order chi connectivity index (χ1) is 6.11. The Balaban J connectivity index is 2.37. The van der Waals surface area contributed by atoms with Gasteiger partial charge in [0.15, 0.2) is 0 Å². The lowest BCUT2D eigenvalue weighted by molar-refractivity contribution is -0.123. The van der Waals surface area contributed by atoms with E-state index in [2.05, 4.69) is 19.2 Å². The SMILES string of the molecule is CCC(=O)NC1CC(C)OC(C)C1. The zero-order chi connectivity index (χ0) is 9.84. The quantitative estimate of drug-likeness (QED) is 0.707. The molecule has 1 N–H and O–H groups in total. The number of hydrogen-bond acceptors (Lipinski definition) is 2. The normalized spacial score (nSPS) is 34.2. The van der Waals surface area contributed by atoms with E-state index in [0.717, 1.165) is 12.8 Å². The highest BCUT2D eigenvalue weighted by atomic mass is 16.5. The molecular weight excluding hydrogens is 166 g/mol. The third kappa shape index (κ3) is 3.35. The number of nitrogens with one attached hydrogen (secondary N) is 1. The molecule has 1 heterocycles. The van der Waals surface area contributed by atoms with Crippen LogP contribution in [0.15, 0.2) is 0 Å². The average molecular weight is 185 g/mol. The van der Waals surface area contributed by atoms with Crippen LogP contribution in [0.1, 0.15) is 40.0 Å². The van der Waals surface area contributed by atoms with Crippen molar-refractivity contribution < 1.29 is 9.53 Å². The van der Waals surface area contributed by atoms with Crippen molar-refractivity contribution >= 4 is 5.91 Å². The van der Waals surface area contributed by atoms with Crippen LogP contribution in [-0.2, 0) is 9.53 Å². The Morgan fingerprint density at radius 2 is 1.92 bits per heavy atom. The van der Waals surface area contributed by atoms with Gasteiger partial charge in [-0.05, 0) is 26.7 Å². The predicted molar refractivity (Wildman–Crippen MR) is 51.5 cm³/mol. The van der Waals surface area contributed by atoms with Gasteiger partial charge in [-0.1, -0.05) is 6.92 Å². The largest absolute Gasteiger partial charge is 0.375 e. The summed E-state index contributed by atoms with van der Waals surface area (Å²) < 4.78 is 5.58. The maximum absolute atomic E-state index is 11.1. The number of carbonyl (C=O) groups excluding carboxylic acids is 1. The van der Waals surface area contributed by atoms with E-state index < -0.39 is 0 Å². The number of rotatable bonds is 2. The Bertz CT molecular complexity index is 172. The Kier molecular flexibility index (Phi) is 3.72. The highest BCUT2D eigenvalue weighted by Crippen LogP contribution is 2.18. The van der Waals surface area contributed by atoms with Crippen LogP contribution < -0.4 is 5.32 Å². The average Bonchev–Trinajstić information content (AvgIpc) is 2.02. The molecule has 0 radical (unpaired) electrons. The number of carbonyl (C=O) groups is 1. The fourth-order valence-corrected chi connectivity index (χ4v) is 1.85. The van der Waals surface area contributed by atoms with Crippen LogP contribution in [0.4, 0.5) is 0 Å². The lowest BCUT2D eigenvalue weighted by Crippen LogP contribution is -2.43. The summed E-state index contributed by atoms with van der Waals surface area (Å²) in [4.78, 5) is 11.1. The van der Waals surface area contributed by atoms with Crippen LogP contribution in [0.3, 0.4) is 0 Å².